The Balaban J connectivity index is 2.74. The van der Waals surface area contributed by atoms with Crippen molar-refractivity contribution >= 4 is 12.0 Å². The van der Waals surface area contributed by atoms with E-state index in [0.29, 0.717) is 6.54 Å². The molecule has 0 aromatic carbocycles. The zero-order valence-electron chi connectivity index (χ0n) is 13.8. The molecule has 0 radical (unpaired) electrons. The van der Waals surface area contributed by atoms with Crippen molar-refractivity contribution in [1.82, 2.24) is 15.1 Å². The molecular weight excluding hydrogens is 270 g/mol. The van der Waals surface area contributed by atoms with Crippen molar-refractivity contribution < 1.29 is 14.7 Å². The highest BCUT2D eigenvalue weighted by Crippen LogP contribution is 2.22. The summed E-state index contributed by atoms with van der Waals surface area (Å²) in [4.78, 5) is 27.6. The summed E-state index contributed by atoms with van der Waals surface area (Å²) < 4.78 is 0. The lowest BCUT2D eigenvalue weighted by Gasteiger charge is -2.34. The van der Waals surface area contributed by atoms with E-state index in [1.807, 2.05) is 32.6 Å². The van der Waals surface area contributed by atoms with Crippen molar-refractivity contribution in [1.29, 1.82) is 0 Å². The molecule has 122 valence electrons. The van der Waals surface area contributed by atoms with E-state index in [1.54, 1.807) is 0 Å². The van der Waals surface area contributed by atoms with E-state index in [0.717, 1.165) is 19.5 Å². The van der Waals surface area contributed by atoms with Crippen LogP contribution in [0.5, 0.6) is 0 Å². The van der Waals surface area contributed by atoms with Crippen molar-refractivity contribution in [3.63, 3.8) is 0 Å². The summed E-state index contributed by atoms with van der Waals surface area (Å²) in [7, 11) is 2.06. The Kier molecular flexibility index (Phi) is 6.01. The van der Waals surface area contributed by atoms with E-state index in [4.69, 9.17) is 5.11 Å². The Labute approximate surface area is 127 Å². The predicted octanol–water partition coefficient (Wildman–Crippen LogP) is 1.61. The third-order valence-corrected chi connectivity index (χ3v) is 4.03. The molecule has 1 rings (SSSR count). The average Bonchev–Trinajstić information content (AvgIpc) is 2.47. The molecule has 21 heavy (non-hydrogen) atoms. The number of aliphatic carboxylic acids is 1. The zero-order valence-corrected chi connectivity index (χ0v) is 13.8. The molecule has 6 heteroatoms. The van der Waals surface area contributed by atoms with Gasteiger partial charge >= 0.3 is 12.0 Å². The van der Waals surface area contributed by atoms with Gasteiger partial charge in [-0.25, -0.2) is 4.79 Å². The number of carboxylic acids is 1. The van der Waals surface area contributed by atoms with Crippen LogP contribution in [0, 0.1) is 5.41 Å². The number of nitrogens with zero attached hydrogens (tertiary/aromatic N) is 2. The molecule has 6 nitrogen and oxygen atoms in total. The standard InChI is InChI=1S/C15H29N3O3/c1-11-10-17(5)7-6-8-18(11)14(21)16-12(9-13(19)20)15(2,3)4/h11-12H,6-10H2,1-5H3,(H,16,21)(H,19,20). The third kappa shape index (κ3) is 5.53. The van der Waals surface area contributed by atoms with Crippen molar-refractivity contribution in [3.8, 4) is 0 Å². The summed E-state index contributed by atoms with van der Waals surface area (Å²) >= 11 is 0. The number of amides is 2. The minimum absolute atomic E-state index is 0.0582. The highest BCUT2D eigenvalue weighted by atomic mass is 16.4. The number of urea groups is 1. The molecular formula is C15H29N3O3. The van der Waals surface area contributed by atoms with Gasteiger partial charge in [-0.3, -0.25) is 4.79 Å². The highest BCUT2D eigenvalue weighted by molar-refractivity contribution is 5.76. The normalized spacial score (nSPS) is 22.5. The predicted molar refractivity (Wildman–Crippen MR) is 82.3 cm³/mol. The molecule has 2 N–H and O–H groups in total. The first kappa shape index (κ1) is 17.8. The second kappa shape index (κ2) is 7.11. The molecule has 2 unspecified atom stereocenters. The number of likely N-dealkylation sites (N-methyl/N-ethyl adjacent to an activating group) is 1. The van der Waals surface area contributed by atoms with Gasteiger partial charge in [0.25, 0.3) is 0 Å². The largest absolute Gasteiger partial charge is 0.481 e. The molecule has 1 saturated heterocycles. The third-order valence-electron chi connectivity index (χ3n) is 4.03. The highest BCUT2D eigenvalue weighted by Gasteiger charge is 2.31. The van der Waals surface area contributed by atoms with Gasteiger partial charge in [-0.1, -0.05) is 20.8 Å². The van der Waals surface area contributed by atoms with E-state index < -0.39 is 5.97 Å². The Morgan fingerprint density at radius 3 is 2.48 bits per heavy atom. The van der Waals surface area contributed by atoms with Crippen LogP contribution in [-0.2, 0) is 4.79 Å². The van der Waals surface area contributed by atoms with E-state index in [2.05, 4.69) is 17.3 Å². The van der Waals surface area contributed by atoms with Gasteiger partial charge in [0.1, 0.15) is 0 Å². The summed E-state index contributed by atoms with van der Waals surface area (Å²) in [6.07, 6.45) is 0.880. The lowest BCUT2D eigenvalue weighted by molar-refractivity contribution is -0.138. The fraction of sp³-hybridized carbons (Fsp3) is 0.867. The topological polar surface area (TPSA) is 72.9 Å². The Morgan fingerprint density at radius 2 is 1.95 bits per heavy atom. The number of rotatable bonds is 3. The van der Waals surface area contributed by atoms with Crippen molar-refractivity contribution in [2.75, 3.05) is 26.7 Å². The first-order chi connectivity index (χ1) is 9.61. The number of carbonyl (C=O) groups is 2. The Morgan fingerprint density at radius 1 is 1.33 bits per heavy atom. The van der Waals surface area contributed by atoms with E-state index in [9.17, 15) is 9.59 Å². The van der Waals surface area contributed by atoms with Gasteiger partial charge in [0.05, 0.1) is 6.42 Å². The minimum atomic E-state index is -0.890. The lowest BCUT2D eigenvalue weighted by Crippen LogP contribution is -2.53. The molecule has 0 bridgehead atoms. The number of carboxylic acid groups (broad SMARTS) is 1. The monoisotopic (exact) mass is 299 g/mol. The van der Waals surface area contributed by atoms with Crippen molar-refractivity contribution in [2.24, 2.45) is 5.41 Å². The molecule has 1 aliphatic heterocycles. The Bertz CT molecular complexity index is 379. The fourth-order valence-corrected chi connectivity index (χ4v) is 2.65. The van der Waals surface area contributed by atoms with E-state index in [-0.39, 0.29) is 30.0 Å². The SMILES string of the molecule is CC1CN(C)CCCN1C(=O)NC(CC(=O)O)C(C)(C)C. The van der Waals surface area contributed by atoms with Crippen LogP contribution in [0.2, 0.25) is 0 Å². The van der Waals surface area contributed by atoms with Crippen LogP contribution in [0.3, 0.4) is 0 Å². The van der Waals surface area contributed by atoms with E-state index >= 15 is 0 Å². The maximum absolute atomic E-state index is 12.5. The van der Waals surface area contributed by atoms with Crippen molar-refractivity contribution in [3.05, 3.63) is 0 Å². The number of hydrogen-bond donors (Lipinski definition) is 2. The quantitative estimate of drug-likeness (QED) is 0.830. The second-order valence-corrected chi connectivity index (χ2v) is 7.12. The van der Waals surface area contributed by atoms with E-state index in [1.165, 1.54) is 0 Å². The summed E-state index contributed by atoms with van der Waals surface area (Å²) in [6, 6.07) is -0.405. The smallest absolute Gasteiger partial charge is 0.317 e. The van der Waals surface area contributed by atoms with Crippen LogP contribution in [0.1, 0.15) is 40.5 Å². The fourth-order valence-electron chi connectivity index (χ4n) is 2.65. The number of nitrogens with one attached hydrogen (secondary N) is 1. The molecule has 2 atom stereocenters. The molecule has 0 aromatic heterocycles. The van der Waals surface area contributed by atoms with Gasteiger partial charge in [-0.15, -0.1) is 0 Å². The van der Waals surface area contributed by atoms with Gasteiger partial charge in [0, 0.05) is 25.2 Å². The molecule has 1 aliphatic rings. The maximum Gasteiger partial charge on any atom is 0.317 e. The van der Waals surface area contributed by atoms with Gasteiger partial charge < -0.3 is 20.2 Å². The summed E-state index contributed by atoms with van der Waals surface area (Å²) in [6.45, 7) is 10.4. The lowest BCUT2D eigenvalue weighted by atomic mass is 9.85. The van der Waals surface area contributed by atoms with Crippen LogP contribution >= 0.6 is 0 Å². The van der Waals surface area contributed by atoms with Crippen LogP contribution in [0.4, 0.5) is 4.79 Å². The molecule has 0 aromatic rings. The molecule has 0 aliphatic carbocycles. The molecule has 0 saturated carbocycles. The summed E-state index contributed by atoms with van der Waals surface area (Å²) in [5.41, 5.74) is -0.292. The van der Waals surface area contributed by atoms with Crippen LogP contribution in [0.15, 0.2) is 0 Å². The average molecular weight is 299 g/mol. The van der Waals surface area contributed by atoms with Crippen LogP contribution in [-0.4, -0.2) is 65.7 Å². The summed E-state index contributed by atoms with van der Waals surface area (Å²) in [5.74, 6) is -0.890. The van der Waals surface area contributed by atoms with Crippen LogP contribution in [0.25, 0.3) is 0 Å². The van der Waals surface area contributed by atoms with Gasteiger partial charge in [0.15, 0.2) is 0 Å². The number of hydrogen-bond acceptors (Lipinski definition) is 3. The summed E-state index contributed by atoms with van der Waals surface area (Å²) in [5, 5.41) is 11.9. The molecule has 2 amide bonds. The van der Waals surface area contributed by atoms with Crippen LogP contribution < -0.4 is 5.32 Å². The van der Waals surface area contributed by atoms with Gasteiger partial charge in [-0.2, -0.15) is 0 Å². The maximum atomic E-state index is 12.5. The zero-order chi connectivity index (χ0) is 16.2. The minimum Gasteiger partial charge on any atom is -0.481 e. The number of carbonyl (C=O) groups excluding carboxylic acids is 1. The second-order valence-electron chi connectivity index (χ2n) is 7.12. The first-order valence-electron chi connectivity index (χ1n) is 7.58. The first-order valence-corrected chi connectivity index (χ1v) is 7.58. The molecule has 1 fully saturated rings. The Hall–Kier alpha value is -1.30. The van der Waals surface area contributed by atoms with Crippen molar-refractivity contribution in [2.45, 2.75) is 52.6 Å². The molecule has 0 spiro atoms. The van der Waals surface area contributed by atoms with Gasteiger partial charge in [-0.05, 0) is 32.4 Å². The van der Waals surface area contributed by atoms with Gasteiger partial charge in [0.2, 0.25) is 0 Å². The molecule has 1 heterocycles.